The first-order chi connectivity index (χ1) is 4.34. The Hall–Kier alpha value is -0.640. The Morgan fingerprint density at radius 3 is 2.33 bits per heavy atom. The molecular weight excluding hydrogens is 116 g/mol. The van der Waals surface area contributed by atoms with Gasteiger partial charge in [0.25, 0.3) is 0 Å². The fourth-order valence-electron chi connectivity index (χ4n) is 0.740. The van der Waals surface area contributed by atoms with Crippen LogP contribution in [0.25, 0.3) is 0 Å². The Kier molecular flexibility index (Phi) is 2.00. The highest BCUT2D eigenvalue weighted by Gasteiger charge is 2.12. The number of allylic oxidation sites excluding steroid dienone is 2. The molecular formula is C6H10N2O. The molecule has 0 saturated heterocycles. The lowest BCUT2D eigenvalue weighted by atomic mass is 10.1. The van der Waals surface area contributed by atoms with E-state index in [1.165, 1.54) is 0 Å². The predicted molar refractivity (Wildman–Crippen MR) is 35.3 cm³/mol. The van der Waals surface area contributed by atoms with Crippen LogP contribution in [0.3, 0.4) is 0 Å². The molecule has 0 radical (unpaired) electrons. The second-order valence-electron chi connectivity index (χ2n) is 1.95. The Labute approximate surface area is 53.9 Å². The largest absolute Gasteiger partial charge is 0.322 e. The minimum absolute atomic E-state index is 0.0972. The van der Waals surface area contributed by atoms with Gasteiger partial charge in [-0.2, -0.15) is 0 Å². The van der Waals surface area contributed by atoms with Gasteiger partial charge in [0, 0.05) is 0 Å². The molecule has 9 heavy (non-hydrogen) atoms. The van der Waals surface area contributed by atoms with Gasteiger partial charge in [-0.25, -0.2) is 5.90 Å². The van der Waals surface area contributed by atoms with Crippen LogP contribution < -0.4 is 11.6 Å². The molecule has 3 heteroatoms. The molecule has 1 aliphatic rings. The van der Waals surface area contributed by atoms with Crippen LogP contribution >= 0.6 is 0 Å². The molecule has 0 saturated carbocycles. The molecule has 0 aromatic carbocycles. The van der Waals surface area contributed by atoms with Crippen LogP contribution in [0.1, 0.15) is 0 Å². The van der Waals surface area contributed by atoms with Gasteiger partial charge in [0.2, 0.25) is 0 Å². The van der Waals surface area contributed by atoms with E-state index < -0.39 is 0 Å². The fraction of sp³-hybridized carbons (Fsp3) is 0.333. The molecule has 0 heterocycles. The fourth-order valence-corrected chi connectivity index (χ4v) is 0.740. The Balaban J connectivity index is 2.55. The molecule has 4 N–H and O–H groups in total. The smallest absolute Gasteiger partial charge is 0.116 e. The summed E-state index contributed by atoms with van der Waals surface area (Å²) >= 11 is 0. The van der Waals surface area contributed by atoms with Crippen molar-refractivity contribution in [3.05, 3.63) is 24.3 Å². The standard InChI is InChI=1S/C6H10N2O/c7-5-3-1-2-4-6(5)9-8/h1-6H,7-8H2. The Morgan fingerprint density at radius 2 is 1.89 bits per heavy atom. The quantitative estimate of drug-likeness (QED) is 0.474. The van der Waals surface area contributed by atoms with Crippen LogP contribution in [0, 0.1) is 0 Å². The van der Waals surface area contributed by atoms with E-state index in [9.17, 15) is 0 Å². The summed E-state index contributed by atoms with van der Waals surface area (Å²) in [4.78, 5) is 4.54. The highest BCUT2D eigenvalue weighted by Crippen LogP contribution is 2.03. The molecule has 1 aliphatic carbocycles. The average Bonchev–Trinajstić information content (AvgIpc) is 1.89. The third-order valence-electron chi connectivity index (χ3n) is 1.28. The summed E-state index contributed by atoms with van der Waals surface area (Å²) in [5.74, 6) is 4.93. The molecule has 0 bridgehead atoms. The van der Waals surface area contributed by atoms with Crippen LogP contribution in [-0.4, -0.2) is 12.1 Å². The molecule has 0 aromatic heterocycles. The molecule has 1 rings (SSSR count). The van der Waals surface area contributed by atoms with Crippen LogP contribution in [0.15, 0.2) is 24.3 Å². The SMILES string of the molecule is NOC1C=CC=CC1N. The van der Waals surface area contributed by atoms with Gasteiger partial charge >= 0.3 is 0 Å². The normalized spacial score (nSPS) is 33.1. The van der Waals surface area contributed by atoms with Gasteiger partial charge in [-0.05, 0) is 0 Å². The summed E-state index contributed by atoms with van der Waals surface area (Å²) in [5.41, 5.74) is 5.55. The summed E-state index contributed by atoms with van der Waals surface area (Å²) in [6, 6.07) is -0.0972. The van der Waals surface area contributed by atoms with Crippen molar-refractivity contribution in [3.8, 4) is 0 Å². The lowest BCUT2D eigenvalue weighted by molar-refractivity contribution is 0.0773. The van der Waals surface area contributed by atoms with E-state index in [4.69, 9.17) is 11.6 Å². The summed E-state index contributed by atoms with van der Waals surface area (Å²) < 4.78 is 0. The third-order valence-corrected chi connectivity index (χ3v) is 1.28. The molecule has 0 spiro atoms. The molecule has 0 aromatic rings. The van der Waals surface area contributed by atoms with E-state index in [2.05, 4.69) is 4.84 Å². The maximum atomic E-state index is 5.55. The summed E-state index contributed by atoms with van der Waals surface area (Å²) in [6.45, 7) is 0. The topological polar surface area (TPSA) is 61.3 Å². The van der Waals surface area contributed by atoms with Gasteiger partial charge in [-0.1, -0.05) is 24.3 Å². The van der Waals surface area contributed by atoms with Crippen molar-refractivity contribution in [2.45, 2.75) is 12.1 Å². The van der Waals surface area contributed by atoms with Gasteiger partial charge in [0.05, 0.1) is 6.04 Å². The lowest BCUT2D eigenvalue weighted by Gasteiger charge is -2.16. The average molecular weight is 126 g/mol. The Morgan fingerprint density at radius 1 is 1.22 bits per heavy atom. The van der Waals surface area contributed by atoms with Gasteiger partial charge in [-0.15, -0.1) is 0 Å². The second-order valence-corrected chi connectivity index (χ2v) is 1.95. The first-order valence-corrected chi connectivity index (χ1v) is 2.80. The van der Waals surface area contributed by atoms with E-state index >= 15 is 0 Å². The lowest BCUT2D eigenvalue weighted by Crippen LogP contribution is -2.36. The van der Waals surface area contributed by atoms with E-state index in [-0.39, 0.29) is 12.1 Å². The van der Waals surface area contributed by atoms with Crippen LogP contribution in [0.4, 0.5) is 0 Å². The first kappa shape index (κ1) is 6.48. The molecule has 0 amide bonds. The molecule has 0 aliphatic heterocycles. The van der Waals surface area contributed by atoms with Crippen molar-refractivity contribution in [1.29, 1.82) is 0 Å². The summed E-state index contributed by atoms with van der Waals surface area (Å²) in [6.07, 6.45) is 7.25. The maximum absolute atomic E-state index is 5.55. The van der Waals surface area contributed by atoms with Crippen molar-refractivity contribution >= 4 is 0 Å². The van der Waals surface area contributed by atoms with Crippen molar-refractivity contribution < 1.29 is 4.84 Å². The maximum Gasteiger partial charge on any atom is 0.116 e. The van der Waals surface area contributed by atoms with Gasteiger partial charge in [0.15, 0.2) is 0 Å². The number of hydrogen-bond acceptors (Lipinski definition) is 3. The highest BCUT2D eigenvalue weighted by atomic mass is 16.6. The minimum atomic E-state index is -0.157. The molecule has 3 nitrogen and oxygen atoms in total. The molecule has 2 atom stereocenters. The zero-order valence-electron chi connectivity index (χ0n) is 5.03. The third kappa shape index (κ3) is 1.38. The zero-order valence-corrected chi connectivity index (χ0v) is 5.03. The van der Waals surface area contributed by atoms with Crippen molar-refractivity contribution in [2.24, 2.45) is 11.6 Å². The first-order valence-electron chi connectivity index (χ1n) is 2.80. The number of rotatable bonds is 1. The predicted octanol–water partition coefficient (Wildman–Crippen LogP) is -0.301. The Bertz CT molecular complexity index is 142. The van der Waals surface area contributed by atoms with Gasteiger partial charge in [-0.3, -0.25) is 4.84 Å². The van der Waals surface area contributed by atoms with Crippen molar-refractivity contribution in [3.63, 3.8) is 0 Å². The van der Waals surface area contributed by atoms with E-state index in [0.29, 0.717) is 0 Å². The molecule has 0 fully saturated rings. The van der Waals surface area contributed by atoms with Gasteiger partial charge < -0.3 is 5.73 Å². The summed E-state index contributed by atoms with van der Waals surface area (Å²) in [5, 5.41) is 0. The monoisotopic (exact) mass is 126 g/mol. The van der Waals surface area contributed by atoms with Crippen LogP contribution in [0.2, 0.25) is 0 Å². The molecule has 50 valence electrons. The van der Waals surface area contributed by atoms with E-state index in [1.54, 1.807) is 0 Å². The highest BCUT2D eigenvalue weighted by molar-refractivity contribution is 5.17. The van der Waals surface area contributed by atoms with E-state index in [0.717, 1.165) is 0 Å². The van der Waals surface area contributed by atoms with E-state index in [1.807, 2.05) is 24.3 Å². The van der Waals surface area contributed by atoms with Crippen molar-refractivity contribution in [2.75, 3.05) is 0 Å². The number of hydrogen-bond donors (Lipinski definition) is 2. The molecule has 2 unspecified atom stereocenters. The zero-order chi connectivity index (χ0) is 6.69. The number of nitrogens with two attached hydrogens (primary N) is 2. The minimum Gasteiger partial charge on any atom is -0.322 e. The van der Waals surface area contributed by atoms with Crippen LogP contribution in [-0.2, 0) is 4.84 Å². The van der Waals surface area contributed by atoms with Gasteiger partial charge in [0.1, 0.15) is 6.10 Å². The van der Waals surface area contributed by atoms with Crippen LogP contribution in [0.5, 0.6) is 0 Å². The second kappa shape index (κ2) is 2.77. The van der Waals surface area contributed by atoms with Crippen molar-refractivity contribution in [1.82, 2.24) is 0 Å². The summed E-state index contributed by atoms with van der Waals surface area (Å²) in [7, 11) is 0.